The van der Waals surface area contributed by atoms with Gasteiger partial charge in [0.15, 0.2) is 0 Å². The maximum Gasteiger partial charge on any atom is 0.131 e. The average molecular weight is 207 g/mol. The van der Waals surface area contributed by atoms with Crippen molar-refractivity contribution >= 4 is 5.82 Å². The highest BCUT2D eigenvalue weighted by Crippen LogP contribution is 2.18. The smallest absolute Gasteiger partial charge is 0.131 e. The van der Waals surface area contributed by atoms with Gasteiger partial charge in [0, 0.05) is 19.3 Å². The van der Waals surface area contributed by atoms with E-state index in [4.69, 9.17) is 5.73 Å². The van der Waals surface area contributed by atoms with Gasteiger partial charge in [0.25, 0.3) is 0 Å². The molecule has 0 bridgehead atoms. The number of hydrogen-bond donors (Lipinski definition) is 1. The minimum Gasteiger partial charge on any atom is -0.357 e. The van der Waals surface area contributed by atoms with Crippen molar-refractivity contribution in [3.8, 4) is 0 Å². The highest BCUT2D eigenvalue weighted by molar-refractivity contribution is 5.47. The second-order valence-electron chi connectivity index (χ2n) is 4.23. The van der Waals surface area contributed by atoms with Gasteiger partial charge < -0.3 is 10.6 Å². The molecule has 1 heterocycles. The fourth-order valence-corrected chi connectivity index (χ4v) is 1.54. The Labute approximate surface area is 92.3 Å². The Bertz CT molecular complexity index is 321. The molecule has 0 saturated heterocycles. The van der Waals surface area contributed by atoms with Gasteiger partial charge in [-0.25, -0.2) is 4.98 Å². The van der Waals surface area contributed by atoms with Gasteiger partial charge in [-0.05, 0) is 44.9 Å². The summed E-state index contributed by atoms with van der Waals surface area (Å²) in [6.45, 7) is 7.10. The molecule has 0 unspecified atom stereocenters. The molecule has 3 heteroatoms. The summed E-state index contributed by atoms with van der Waals surface area (Å²) >= 11 is 0. The van der Waals surface area contributed by atoms with E-state index >= 15 is 0 Å². The van der Waals surface area contributed by atoms with Crippen molar-refractivity contribution < 1.29 is 0 Å². The second-order valence-corrected chi connectivity index (χ2v) is 4.23. The molecule has 1 rings (SSSR count). The highest BCUT2D eigenvalue weighted by Gasteiger charge is 2.09. The van der Waals surface area contributed by atoms with E-state index in [1.165, 1.54) is 11.1 Å². The molecule has 0 aromatic carbocycles. The van der Waals surface area contributed by atoms with Gasteiger partial charge in [0.05, 0.1) is 0 Å². The molecule has 84 valence electrons. The summed E-state index contributed by atoms with van der Waals surface area (Å²) in [5.74, 6) is 1.06. The van der Waals surface area contributed by atoms with E-state index in [1.54, 1.807) is 0 Å². The number of aromatic nitrogens is 1. The summed E-state index contributed by atoms with van der Waals surface area (Å²) in [5, 5.41) is 0. The van der Waals surface area contributed by atoms with Crippen molar-refractivity contribution in [2.24, 2.45) is 5.73 Å². The molecule has 0 aliphatic rings. The maximum atomic E-state index is 5.52. The van der Waals surface area contributed by atoms with Crippen LogP contribution >= 0.6 is 0 Å². The molecule has 0 radical (unpaired) electrons. The molecule has 15 heavy (non-hydrogen) atoms. The first-order chi connectivity index (χ1) is 7.06. The molecule has 0 aliphatic heterocycles. The fraction of sp³-hybridized carbons (Fsp3) is 0.583. The largest absolute Gasteiger partial charge is 0.357 e. The van der Waals surface area contributed by atoms with Crippen molar-refractivity contribution in [3.63, 3.8) is 0 Å². The lowest BCUT2D eigenvalue weighted by atomic mass is 10.1. The van der Waals surface area contributed by atoms with Crippen LogP contribution in [0.2, 0.25) is 0 Å². The van der Waals surface area contributed by atoms with Gasteiger partial charge in [-0.1, -0.05) is 6.07 Å². The van der Waals surface area contributed by atoms with Crippen LogP contribution in [0.4, 0.5) is 5.82 Å². The number of nitrogens with two attached hydrogens (primary N) is 1. The monoisotopic (exact) mass is 207 g/mol. The van der Waals surface area contributed by atoms with Crippen LogP contribution in [0, 0.1) is 6.92 Å². The van der Waals surface area contributed by atoms with Gasteiger partial charge in [-0.15, -0.1) is 0 Å². The summed E-state index contributed by atoms with van der Waals surface area (Å²) in [6.07, 6.45) is 2.83. The first kappa shape index (κ1) is 12.0. The molecule has 3 nitrogen and oxygen atoms in total. The molecule has 0 amide bonds. The molecule has 0 spiro atoms. The first-order valence-electron chi connectivity index (χ1n) is 5.44. The number of aryl methyl sites for hydroxylation is 1. The summed E-state index contributed by atoms with van der Waals surface area (Å²) in [5.41, 5.74) is 7.96. The zero-order valence-corrected chi connectivity index (χ0v) is 10.1. The van der Waals surface area contributed by atoms with Crippen molar-refractivity contribution in [2.45, 2.75) is 33.2 Å². The summed E-state index contributed by atoms with van der Waals surface area (Å²) in [7, 11) is 2.07. The molecule has 0 aliphatic carbocycles. The van der Waals surface area contributed by atoms with Gasteiger partial charge in [0.1, 0.15) is 5.82 Å². The number of hydrogen-bond acceptors (Lipinski definition) is 3. The molecule has 0 saturated carbocycles. The predicted octanol–water partition coefficient (Wildman–Crippen LogP) is 1.74. The van der Waals surface area contributed by atoms with Crippen molar-refractivity contribution in [2.75, 3.05) is 18.5 Å². The Morgan fingerprint density at radius 3 is 2.60 bits per heavy atom. The standard InChI is InChI=1S/C12H21N3/c1-9(2)15(4)12-10(3)7-11(5-6-13)8-14-12/h7-9H,5-6,13H2,1-4H3. The lowest BCUT2D eigenvalue weighted by Gasteiger charge is -2.24. The van der Waals surface area contributed by atoms with Crippen LogP contribution in [-0.4, -0.2) is 24.6 Å². The van der Waals surface area contributed by atoms with Gasteiger partial charge in [0.2, 0.25) is 0 Å². The molecule has 0 fully saturated rings. The molecule has 0 atom stereocenters. The molecular weight excluding hydrogens is 186 g/mol. The maximum absolute atomic E-state index is 5.52. The third-order valence-corrected chi connectivity index (χ3v) is 2.65. The Hall–Kier alpha value is -1.09. The SMILES string of the molecule is Cc1cc(CCN)cnc1N(C)C(C)C. The van der Waals surface area contributed by atoms with E-state index in [0.717, 1.165) is 12.2 Å². The van der Waals surface area contributed by atoms with Gasteiger partial charge in [-0.3, -0.25) is 0 Å². The lowest BCUT2D eigenvalue weighted by molar-refractivity contribution is 0.739. The second kappa shape index (κ2) is 5.12. The van der Waals surface area contributed by atoms with E-state index in [0.29, 0.717) is 12.6 Å². The van der Waals surface area contributed by atoms with E-state index in [2.05, 4.69) is 43.8 Å². The number of anilines is 1. The minimum absolute atomic E-state index is 0.469. The van der Waals surface area contributed by atoms with Crippen LogP contribution in [0.25, 0.3) is 0 Å². The summed E-state index contributed by atoms with van der Waals surface area (Å²) < 4.78 is 0. The molecule has 1 aromatic heterocycles. The average Bonchev–Trinajstić information content (AvgIpc) is 2.17. The van der Waals surface area contributed by atoms with Crippen molar-refractivity contribution in [3.05, 3.63) is 23.4 Å². The van der Waals surface area contributed by atoms with Crippen LogP contribution in [-0.2, 0) is 6.42 Å². The van der Waals surface area contributed by atoms with Crippen LogP contribution in [0.3, 0.4) is 0 Å². The quantitative estimate of drug-likeness (QED) is 0.817. The van der Waals surface area contributed by atoms with Crippen LogP contribution < -0.4 is 10.6 Å². The highest BCUT2D eigenvalue weighted by atomic mass is 15.2. The summed E-state index contributed by atoms with van der Waals surface area (Å²) in [6, 6.07) is 2.64. The Morgan fingerprint density at radius 2 is 2.13 bits per heavy atom. The van der Waals surface area contributed by atoms with Gasteiger partial charge in [-0.2, -0.15) is 0 Å². The van der Waals surface area contributed by atoms with E-state index in [1.807, 2.05) is 6.20 Å². The Kier molecular flexibility index (Phi) is 4.09. The van der Waals surface area contributed by atoms with Crippen molar-refractivity contribution in [1.82, 2.24) is 4.98 Å². The third kappa shape index (κ3) is 2.93. The van der Waals surface area contributed by atoms with E-state index in [-0.39, 0.29) is 0 Å². The number of rotatable bonds is 4. The van der Waals surface area contributed by atoms with E-state index in [9.17, 15) is 0 Å². The topological polar surface area (TPSA) is 42.1 Å². The molecule has 1 aromatic rings. The molecule has 2 N–H and O–H groups in total. The molecular formula is C12H21N3. The first-order valence-corrected chi connectivity index (χ1v) is 5.44. The normalized spacial score (nSPS) is 10.8. The third-order valence-electron chi connectivity index (χ3n) is 2.65. The van der Waals surface area contributed by atoms with Crippen LogP contribution in [0.1, 0.15) is 25.0 Å². The zero-order valence-electron chi connectivity index (χ0n) is 10.1. The minimum atomic E-state index is 0.469. The number of nitrogens with zero attached hydrogens (tertiary/aromatic N) is 2. The lowest BCUT2D eigenvalue weighted by Crippen LogP contribution is -2.27. The van der Waals surface area contributed by atoms with Gasteiger partial charge >= 0.3 is 0 Å². The Balaban J connectivity index is 2.92. The van der Waals surface area contributed by atoms with Crippen molar-refractivity contribution in [1.29, 1.82) is 0 Å². The van der Waals surface area contributed by atoms with Crippen LogP contribution in [0.15, 0.2) is 12.3 Å². The Morgan fingerprint density at radius 1 is 1.47 bits per heavy atom. The number of pyridine rings is 1. The van der Waals surface area contributed by atoms with E-state index < -0.39 is 0 Å². The summed E-state index contributed by atoms with van der Waals surface area (Å²) in [4.78, 5) is 6.67. The zero-order chi connectivity index (χ0) is 11.4. The van der Waals surface area contributed by atoms with Crippen LogP contribution in [0.5, 0.6) is 0 Å². The fourth-order valence-electron chi connectivity index (χ4n) is 1.54. The predicted molar refractivity (Wildman–Crippen MR) is 65.3 cm³/mol.